The molecule has 0 bridgehead atoms. The first-order chi connectivity index (χ1) is 9.69. The number of hydrogen-bond acceptors (Lipinski definition) is 6. The monoisotopic (exact) mass is 278 g/mol. The predicted molar refractivity (Wildman–Crippen MR) is 69.0 cm³/mol. The highest BCUT2D eigenvalue weighted by Crippen LogP contribution is 2.17. The summed E-state index contributed by atoms with van der Waals surface area (Å²) < 4.78 is 6.81. The van der Waals surface area contributed by atoms with Crippen LogP contribution in [-0.4, -0.2) is 63.2 Å². The number of carboxylic acids is 1. The number of hydrogen-bond donors (Lipinski definition) is 2. The van der Waals surface area contributed by atoms with Crippen LogP contribution < -0.4 is 4.90 Å². The Balaban J connectivity index is 1.95. The van der Waals surface area contributed by atoms with Gasteiger partial charge in [0.1, 0.15) is 11.4 Å². The molecule has 106 valence electrons. The van der Waals surface area contributed by atoms with E-state index in [1.54, 1.807) is 12.3 Å². The lowest BCUT2D eigenvalue weighted by Gasteiger charge is -2.32. The minimum Gasteiger partial charge on any atom is -0.477 e. The molecule has 0 saturated carbocycles. The molecule has 0 aliphatic carbocycles. The highest BCUT2D eigenvalue weighted by atomic mass is 16.5. The second-order valence-electron chi connectivity index (χ2n) is 4.54. The van der Waals surface area contributed by atoms with Gasteiger partial charge in [-0.1, -0.05) is 0 Å². The number of fused-ring (bicyclic) bond motifs is 1. The minimum absolute atomic E-state index is 0.0498. The maximum absolute atomic E-state index is 11.1. The molecular formula is C12H14N4O4. The van der Waals surface area contributed by atoms with Crippen LogP contribution in [0.15, 0.2) is 18.5 Å². The molecule has 8 nitrogen and oxygen atoms in total. The zero-order valence-electron chi connectivity index (χ0n) is 10.6. The van der Waals surface area contributed by atoms with Crippen molar-refractivity contribution in [2.24, 2.45) is 0 Å². The van der Waals surface area contributed by atoms with Gasteiger partial charge in [0, 0.05) is 19.3 Å². The third kappa shape index (κ3) is 2.19. The number of aliphatic hydroxyl groups excluding tert-OH is 1. The number of aliphatic hydroxyl groups is 1. The highest BCUT2D eigenvalue weighted by molar-refractivity contribution is 5.94. The Hall–Kier alpha value is -2.19. The van der Waals surface area contributed by atoms with E-state index < -0.39 is 5.97 Å². The van der Waals surface area contributed by atoms with Gasteiger partial charge in [0.25, 0.3) is 0 Å². The normalized spacial score (nSPS) is 19.4. The van der Waals surface area contributed by atoms with E-state index in [1.807, 2.05) is 4.90 Å². The van der Waals surface area contributed by atoms with Gasteiger partial charge in [-0.25, -0.2) is 14.3 Å². The number of ether oxygens (including phenoxy) is 1. The van der Waals surface area contributed by atoms with E-state index in [0.29, 0.717) is 31.2 Å². The van der Waals surface area contributed by atoms with Crippen LogP contribution in [0.5, 0.6) is 0 Å². The third-order valence-electron chi connectivity index (χ3n) is 3.25. The second-order valence-corrected chi connectivity index (χ2v) is 4.54. The number of rotatable bonds is 3. The Morgan fingerprint density at radius 2 is 2.40 bits per heavy atom. The number of aromatic nitrogens is 3. The zero-order chi connectivity index (χ0) is 14.1. The molecule has 2 aromatic heterocycles. The maximum Gasteiger partial charge on any atom is 0.341 e. The van der Waals surface area contributed by atoms with Crippen LogP contribution >= 0.6 is 0 Å². The van der Waals surface area contributed by atoms with Crippen LogP contribution in [-0.2, 0) is 4.74 Å². The number of nitrogens with zero attached hydrogens (tertiary/aromatic N) is 4. The van der Waals surface area contributed by atoms with E-state index in [9.17, 15) is 4.79 Å². The van der Waals surface area contributed by atoms with Gasteiger partial charge in [-0.05, 0) is 6.07 Å². The summed E-state index contributed by atoms with van der Waals surface area (Å²) in [5.41, 5.74) is 0.376. The highest BCUT2D eigenvalue weighted by Gasteiger charge is 2.22. The summed E-state index contributed by atoms with van der Waals surface area (Å²) in [6, 6.07) is 1.77. The third-order valence-corrected chi connectivity index (χ3v) is 3.25. The molecule has 2 aromatic rings. The number of aromatic carboxylic acids is 1. The van der Waals surface area contributed by atoms with Crippen molar-refractivity contribution in [3.8, 4) is 0 Å². The van der Waals surface area contributed by atoms with Gasteiger partial charge in [0.15, 0.2) is 5.65 Å². The Morgan fingerprint density at radius 3 is 3.15 bits per heavy atom. The van der Waals surface area contributed by atoms with Crippen LogP contribution in [0.4, 0.5) is 5.82 Å². The van der Waals surface area contributed by atoms with Crippen molar-refractivity contribution in [2.75, 3.05) is 31.2 Å². The summed E-state index contributed by atoms with van der Waals surface area (Å²) in [5.74, 6) is -0.401. The average molecular weight is 278 g/mol. The van der Waals surface area contributed by atoms with E-state index in [-0.39, 0.29) is 18.3 Å². The van der Waals surface area contributed by atoms with Crippen LogP contribution in [0.3, 0.4) is 0 Å². The van der Waals surface area contributed by atoms with E-state index in [2.05, 4.69) is 10.1 Å². The van der Waals surface area contributed by atoms with Crippen molar-refractivity contribution in [1.29, 1.82) is 0 Å². The van der Waals surface area contributed by atoms with E-state index in [1.165, 1.54) is 10.7 Å². The molecular weight excluding hydrogens is 264 g/mol. The summed E-state index contributed by atoms with van der Waals surface area (Å²) in [7, 11) is 0. The van der Waals surface area contributed by atoms with Gasteiger partial charge in [-0.3, -0.25) is 0 Å². The van der Waals surface area contributed by atoms with E-state index >= 15 is 0 Å². The average Bonchev–Trinajstić information content (AvgIpc) is 2.90. The Bertz CT molecular complexity index is 641. The number of carboxylic acid groups (broad SMARTS) is 1. The first-order valence-electron chi connectivity index (χ1n) is 6.24. The molecule has 8 heteroatoms. The molecule has 1 saturated heterocycles. The molecule has 0 spiro atoms. The van der Waals surface area contributed by atoms with E-state index in [0.717, 1.165) is 0 Å². The minimum atomic E-state index is -1.06. The number of carbonyl (C=O) groups is 1. The van der Waals surface area contributed by atoms with Gasteiger partial charge in [-0.15, -0.1) is 0 Å². The lowest BCUT2D eigenvalue weighted by Crippen LogP contribution is -2.44. The molecule has 0 aromatic carbocycles. The van der Waals surface area contributed by atoms with Crippen molar-refractivity contribution >= 4 is 17.4 Å². The molecule has 0 radical (unpaired) electrons. The second kappa shape index (κ2) is 5.06. The van der Waals surface area contributed by atoms with Crippen LogP contribution in [0.1, 0.15) is 10.4 Å². The van der Waals surface area contributed by atoms with Crippen molar-refractivity contribution in [3.63, 3.8) is 0 Å². The van der Waals surface area contributed by atoms with Crippen molar-refractivity contribution < 1.29 is 19.7 Å². The predicted octanol–water partition coefficient (Wildman–Crippen LogP) is -0.375. The van der Waals surface area contributed by atoms with Crippen LogP contribution in [0, 0.1) is 0 Å². The first-order valence-corrected chi connectivity index (χ1v) is 6.24. The smallest absolute Gasteiger partial charge is 0.341 e. The molecule has 0 amide bonds. The molecule has 2 N–H and O–H groups in total. The Morgan fingerprint density at radius 1 is 1.55 bits per heavy atom. The quantitative estimate of drug-likeness (QED) is 0.789. The van der Waals surface area contributed by atoms with E-state index in [4.69, 9.17) is 14.9 Å². The Kier molecular flexibility index (Phi) is 3.25. The van der Waals surface area contributed by atoms with Crippen molar-refractivity contribution in [1.82, 2.24) is 14.6 Å². The fourth-order valence-electron chi connectivity index (χ4n) is 2.22. The van der Waals surface area contributed by atoms with Gasteiger partial charge in [-0.2, -0.15) is 5.10 Å². The largest absolute Gasteiger partial charge is 0.477 e. The van der Waals surface area contributed by atoms with Crippen LogP contribution in [0.25, 0.3) is 5.65 Å². The van der Waals surface area contributed by atoms with Crippen molar-refractivity contribution in [2.45, 2.75) is 6.10 Å². The molecule has 3 heterocycles. The SMILES string of the molecule is O=C(O)c1cnn2ccc(N3CCO[C@@H](CO)C3)nc12. The fraction of sp³-hybridized carbons (Fsp3) is 0.417. The summed E-state index contributed by atoms with van der Waals surface area (Å²) >= 11 is 0. The Labute approximate surface area is 114 Å². The lowest BCUT2D eigenvalue weighted by molar-refractivity contribution is 0.00337. The van der Waals surface area contributed by atoms with Crippen molar-refractivity contribution in [3.05, 3.63) is 24.0 Å². The zero-order valence-corrected chi connectivity index (χ0v) is 10.6. The van der Waals surface area contributed by atoms with Gasteiger partial charge in [0.05, 0.1) is 25.5 Å². The molecule has 0 unspecified atom stereocenters. The molecule has 1 atom stereocenters. The topological polar surface area (TPSA) is 100 Å². The molecule has 3 rings (SSSR count). The standard InChI is InChI=1S/C12H14N4O4/c17-7-8-6-15(3-4-20-8)10-1-2-16-11(14-10)9(5-13-16)12(18)19/h1-2,5,8,17H,3-4,6-7H2,(H,18,19)/t8-/m1/s1. The summed E-state index contributed by atoms with van der Waals surface area (Å²) in [6.45, 7) is 1.63. The fourth-order valence-corrected chi connectivity index (χ4v) is 2.22. The summed E-state index contributed by atoms with van der Waals surface area (Å²) in [6.07, 6.45) is 2.71. The maximum atomic E-state index is 11.1. The molecule has 1 aliphatic rings. The van der Waals surface area contributed by atoms with Gasteiger partial charge < -0.3 is 19.8 Å². The molecule has 20 heavy (non-hydrogen) atoms. The summed E-state index contributed by atoms with van der Waals surface area (Å²) in [5, 5.41) is 22.2. The molecule has 1 fully saturated rings. The van der Waals surface area contributed by atoms with Gasteiger partial charge >= 0.3 is 5.97 Å². The first kappa shape index (κ1) is 12.8. The molecule has 1 aliphatic heterocycles. The van der Waals surface area contributed by atoms with Crippen LogP contribution in [0.2, 0.25) is 0 Å². The van der Waals surface area contributed by atoms with Gasteiger partial charge in [0.2, 0.25) is 0 Å². The summed E-state index contributed by atoms with van der Waals surface area (Å²) in [4.78, 5) is 17.4. The number of morpholine rings is 1. The number of anilines is 1. The lowest BCUT2D eigenvalue weighted by atomic mass is 10.3.